The van der Waals surface area contributed by atoms with Crippen molar-refractivity contribution in [2.45, 2.75) is 13.8 Å². The number of hydrogen-bond acceptors (Lipinski definition) is 4. The van der Waals surface area contributed by atoms with Crippen LogP contribution in [-0.4, -0.2) is 56.2 Å². The van der Waals surface area contributed by atoms with Gasteiger partial charge in [0.1, 0.15) is 6.61 Å². The molecule has 2 heterocycles. The zero-order chi connectivity index (χ0) is 20.5. The lowest BCUT2D eigenvalue weighted by Gasteiger charge is -2.37. The molecule has 0 spiro atoms. The molecule has 2 aromatic rings. The maximum Gasteiger partial charge on any atom is 0.414 e. The van der Waals surface area contributed by atoms with Gasteiger partial charge < -0.3 is 14.5 Å². The van der Waals surface area contributed by atoms with E-state index in [1.54, 1.807) is 18.2 Å². The molecule has 2 aliphatic rings. The average molecular weight is 414 g/mol. The van der Waals surface area contributed by atoms with Gasteiger partial charge >= 0.3 is 6.09 Å². The summed E-state index contributed by atoms with van der Waals surface area (Å²) in [6.45, 7) is 7.93. The third-order valence-corrected chi connectivity index (χ3v) is 5.81. The van der Waals surface area contributed by atoms with Crippen molar-refractivity contribution in [2.24, 2.45) is 0 Å². The van der Waals surface area contributed by atoms with Gasteiger partial charge in [-0.1, -0.05) is 29.3 Å². The molecule has 0 saturated carbocycles. The number of carbonyl (C=O) groups is 2. The van der Waals surface area contributed by atoms with E-state index in [1.807, 2.05) is 4.90 Å². The van der Waals surface area contributed by atoms with E-state index < -0.39 is 6.09 Å². The Labute approximate surface area is 175 Å². The van der Waals surface area contributed by atoms with Crippen LogP contribution in [0.3, 0.4) is 0 Å². The van der Waals surface area contributed by atoms with E-state index >= 15 is 0 Å². The summed E-state index contributed by atoms with van der Waals surface area (Å²) in [4.78, 5) is 30.4. The van der Waals surface area contributed by atoms with Gasteiger partial charge in [0.2, 0.25) is 0 Å². The highest BCUT2D eigenvalue weighted by atomic mass is 35.5. The number of carbonyl (C=O) groups excluding carboxylic acids is 2. The SMILES string of the molecule is Cc1ccc(N2CCN(C(=O)c3ccc(N4CCOC4=O)c(Cl)c3)CC2)c(C)c1. The highest BCUT2D eigenvalue weighted by Gasteiger charge is 2.27. The van der Waals surface area contributed by atoms with Crippen LogP contribution in [0.1, 0.15) is 21.5 Å². The largest absolute Gasteiger partial charge is 0.447 e. The van der Waals surface area contributed by atoms with Crippen LogP contribution in [-0.2, 0) is 4.74 Å². The van der Waals surface area contributed by atoms with E-state index in [4.69, 9.17) is 16.3 Å². The van der Waals surface area contributed by atoms with E-state index in [0.717, 1.165) is 13.1 Å². The van der Waals surface area contributed by atoms with E-state index in [9.17, 15) is 9.59 Å². The lowest BCUT2D eigenvalue weighted by Crippen LogP contribution is -2.49. The van der Waals surface area contributed by atoms with Crippen LogP contribution in [0.4, 0.5) is 16.2 Å². The monoisotopic (exact) mass is 413 g/mol. The highest BCUT2D eigenvalue weighted by Crippen LogP contribution is 2.30. The lowest BCUT2D eigenvalue weighted by atomic mass is 10.1. The van der Waals surface area contributed by atoms with Crippen LogP contribution in [0, 0.1) is 13.8 Å². The molecule has 6 nitrogen and oxygen atoms in total. The number of benzene rings is 2. The molecule has 7 heteroatoms. The normalized spacial score (nSPS) is 16.9. The Morgan fingerprint density at radius 3 is 2.31 bits per heavy atom. The molecule has 2 aromatic carbocycles. The minimum Gasteiger partial charge on any atom is -0.447 e. The molecule has 0 radical (unpaired) electrons. The number of ether oxygens (including phenoxy) is 1. The Morgan fingerprint density at radius 1 is 0.966 bits per heavy atom. The van der Waals surface area contributed by atoms with Crippen molar-refractivity contribution < 1.29 is 14.3 Å². The summed E-state index contributed by atoms with van der Waals surface area (Å²) in [6.07, 6.45) is -0.409. The predicted octanol–water partition coefficient (Wildman–Crippen LogP) is 3.88. The molecular weight excluding hydrogens is 390 g/mol. The highest BCUT2D eigenvalue weighted by molar-refractivity contribution is 6.34. The van der Waals surface area contributed by atoms with Crippen molar-refractivity contribution in [3.8, 4) is 0 Å². The molecule has 0 N–H and O–H groups in total. The number of rotatable bonds is 3. The molecule has 2 fully saturated rings. The summed E-state index contributed by atoms with van der Waals surface area (Å²) in [5, 5.41) is 0.378. The van der Waals surface area contributed by atoms with Crippen LogP contribution < -0.4 is 9.80 Å². The van der Waals surface area contributed by atoms with E-state index in [1.165, 1.54) is 21.7 Å². The van der Waals surface area contributed by atoms with Gasteiger partial charge in [0.05, 0.1) is 17.3 Å². The third-order valence-electron chi connectivity index (χ3n) is 5.51. The smallest absolute Gasteiger partial charge is 0.414 e. The molecular formula is C22H24ClN3O3. The Kier molecular flexibility index (Phi) is 5.37. The Bertz CT molecular complexity index is 954. The standard InChI is InChI=1S/C22H24ClN3O3/c1-15-3-5-19(16(2)13-15)24-7-9-25(10-8-24)21(27)17-4-6-20(18(23)14-17)26-11-12-29-22(26)28/h3-6,13-14H,7-12H2,1-2H3. The molecule has 152 valence electrons. The van der Waals surface area contributed by atoms with Crippen molar-refractivity contribution in [2.75, 3.05) is 49.1 Å². The Balaban J connectivity index is 1.43. The number of nitrogens with zero attached hydrogens (tertiary/aromatic N) is 3. The molecule has 2 saturated heterocycles. The van der Waals surface area contributed by atoms with E-state index in [0.29, 0.717) is 42.5 Å². The van der Waals surface area contributed by atoms with Crippen LogP contribution in [0.25, 0.3) is 0 Å². The summed E-state index contributed by atoms with van der Waals surface area (Å²) in [5.74, 6) is -0.0391. The number of piperazine rings is 1. The minimum atomic E-state index is -0.409. The van der Waals surface area contributed by atoms with Crippen LogP contribution in [0.2, 0.25) is 5.02 Å². The van der Waals surface area contributed by atoms with Crippen molar-refractivity contribution in [3.05, 3.63) is 58.1 Å². The third kappa shape index (κ3) is 3.90. The van der Waals surface area contributed by atoms with Gasteiger partial charge in [-0.2, -0.15) is 0 Å². The summed E-state index contributed by atoms with van der Waals surface area (Å²) in [5.41, 5.74) is 4.85. The zero-order valence-corrected chi connectivity index (χ0v) is 17.4. The van der Waals surface area contributed by atoms with Crippen molar-refractivity contribution in [1.82, 2.24) is 4.90 Å². The Morgan fingerprint density at radius 2 is 1.69 bits per heavy atom. The summed E-state index contributed by atoms with van der Waals surface area (Å²) in [7, 11) is 0. The van der Waals surface area contributed by atoms with Crippen molar-refractivity contribution >= 4 is 35.0 Å². The van der Waals surface area contributed by atoms with E-state index in [-0.39, 0.29) is 5.91 Å². The average Bonchev–Trinajstić information content (AvgIpc) is 3.13. The fourth-order valence-corrected chi connectivity index (χ4v) is 4.25. The molecule has 0 bridgehead atoms. The number of anilines is 2. The van der Waals surface area contributed by atoms with Gasteiger partial charge in [0, 0.05) is 37.4 Å². The number of amides is 2. The second kappa shape index (κ2) is 7.95. The molecule has 2 aliphatic heterocycles. The van der Waals surface area contributed by atoms with Gasteiger partial charge in [-0.3, -0.25) is 9.69 Å². The fraction of sp³-hybridized carbons (Fsp3) is 0.364. The Hall–Kier alpha value is -2.73. The lowest BCUT2D eigenvalue weighted by molar-refractivity contribution is 0.0747. The second-order valence-corrected chi connectivity index (χ2v) is 7.91. The number of cyclic esters (lactones) is 1. The molecule has 0 aromatic heterocycles. The van der Waals surface area contributed by atoms with Crippen LogP contribution in [0.5, 0.6) is 0 Å². The molecule has 29 heavy (non-hydrogen) atoms. The first-order chi connectivity index (χ1) is 13.9. The minimum absolute atomic E-state index is 0.0391. The zero-order valence-electron chi connectivity index (χ0n) is 16.7. The van der Waals surface area contributed by atoms with Gasteiger partial charge in [0.25, 0.3) is 5.91 Å². The summed E-state index contributed by atoms with van der Waals surface area (Å²) in [6, 6.07) is 11.6. The number of halogens is 1. The van der Waals surface area contributed by atoms with Gasteiger partial charge in [-0.25, -0.2) is 4.79 Å². The summed E-state index contributed by atoms with van der Waals surface area (Å²) < 4.78 is 4.96. The quantitative estimate of drug-likeness (QED) is 0.766. The fourth-order valence-electron chi connectivity index (χ4n) is 3.96. The molecule has 4 rings (SSSR count). The summed E-state index contributed by atoms with van der Waals surface area (Å²) >= 11 is 6.36. The van der Waals surface area contributed by atoms with Gasteiger partial charge in [-0.15, -0.1) is 0 Å². The number of hydrogen-bond donors (Lipinski definition) is 0. The maximum absolute atomic E-state index is 12.9. The maximum atomic E-state index is 12.9. The van der Waals surface area contributed by atoms with Gasteiger partial charge in [-0.05, 0) is 43.7 Å². The topological polar surface area (TPSA) is 53.1 Å². The van der Waals surface area contributed by atoms with Crippen molar-refractivity contribution in [1.29, 1.82) is 0 Å². The molecule has 0 aliphatic carbocycles. The van der Waals surface area contributed by atoms with Crippen LogP contribution in [0.15, 0.2) is 36.4 Å². The van der Waals surface area contributed by atoms with Crippen molar-refractivity contribution in [3.63, 3.8) is 0 Å². The second-order valence-electron chi connectivity index (χ2n) is 7.50. The van der Waals surface area contributed by atoms with E-state index in [2.05, 4.69) is 36.9 Å². The molecule has 2 amide bonds. The van der Waals surface area contributed by atoms with Crippen LogP contribution >= 0.6 is 11.6 Å². The molecule has 0 unspecified atom stereocenters. The molecule has 0 atom stereocenters. The van der Waals surface area contributed by atoms with Gasteiger partial charge in [0.15, 0.2) is 0 Å². The first kappa shape index (κ1) is 19.6. The predicted molar refractivity (Wildman–Crippen MR) is 114 cm³/mol. The number of aryl methyl sites for hydroxylation is 2. The first-order valence-electron chi connectivity index (χ1n) is 9.79. The first-order valence-corrected chi connectivity index (χ1v) is 10.2.